The Morgan fingerprint density at radius 2 is 2.05 bits per heavy atom. The molecule has 0 radical (unpaired) electrons. The van der Waals surface area contributed by atoms with Crippen LogP contribution in [0.2, 0.25) is 0 Å². The Bertz CT molecular complexity index is 671. The van der Waals surface area contributed by atoms with Gasteiger partial charge in [-0.3, -0.25) is 0 Å². The minimum absolute atomic E-state index is 0.401. The van der Waals surface area contributed by atoms with Crippen molar-refractivity contribution in [3.63, 3.8) is 0 Å². The summed E-state index contributed by atoms with van der Waals surface area (Å²) in [6.07, 6.45) is 3.05. The van der Waals surface area contributed by atoms with Gasteiger partial charge in [-0.25, -0.2) is 0 Å². The van der Waals surface area contributed by atoms with Crippen LogP contribution in [0.15, 0.2) is 16.7 Å². The van der Waals surface area contributed by atoms with Gasteiger partial charge in [-0.15, -0.1) is 0 Å². The fraction of sp³-hybridized carbons (Fsp3) is 0.400. The molecule has 5 heteroatoms. The van der Waals surface area contributed by atoms with Crippen LogP contribution >= 0.6 is 22.6 Å². The third-order valence-corrected chi connectivity index (χ3v) is 4.97. The predicted molar refractivity (Wildman–Crippen MR) is 87.9 cm³/mol. The quantitative estimate of drug-likeness (QED) is 0.768. The Kier molecular flexibility index (Phi) is 2.73. The highest BCUT2D eigenvalue weighted by atomic mass is 127. The number of rotatable bonds is 2. The number of anilines is 2. The molecular formula is C15H16IN3O. The maximum atomic E-state index is 5.29. The minimum Gasteiger partial charge on any atom is -0.363 e. The van der Waals surface area contributed by atoms with Gasteiger partial charge in [0.05, 0.1) is 23.2 Å². The van der Waals surface area contributed by atoms with E-state index in [1.807, 2.05) is 13.8 Å². The normalized spacial score (nSPS) is 20.4. The lowest BCUT2D eigenvalue weighted by atomic mass is 10.0. The molecule has 1 unspecified atom stereocenters. The van der Waals surface area contributed by atoms with E-state index in [0.29, 0.717) is 6.17 Å². The average molecular weight is 381 g/mol. The molecule has 1 aromatic heterocycles. The molecule has 4 nitrogen and oxygen atoms in total. The number of benzene rings is 1. The lowest BCUT2D eigenvalue weighted by Gasteiger charge is -2.09. The van der Waals surface area contributed by atoms with Crippen LogP contribution in [0, 0.1) is 23.3 Å². The van der Waals surface area contributed by atoms with Crippen molar-refractivity contribution in [2.24, 2.45) is 5.92 Å². The van der Waals surface area contributed by atoms with Gasteiger partial charge in [0.2, 0.25) is 0 Å². The second-order valence-electron chi connectivity index (χ2n) is 5.68. The smallest absolute Gasteiger partial charge is 0.141 e. The van der Waals surface area contributed by atoms with Crippen molar-refractivity contribution in [2.45, 2.75) is 32.9 Å². The van der Waals surface area contributed by atoms with Gasteiger partial charge in [0, 0.05) is 9.13 Å². The zero-order valence-electron chi connectivity index (χ0n) is 11.5. The molecule has 20 heavy (non-hydrogen) atoms. The van der Waals surface area contributed by atoms with E-state index in [-0.39, 0.29) is 0 Å². The van der Waals surface area contributed by atoms with E-state index in [0.717, 1.165) is 22.9 Å². The van der Waals surface area contributed by atoms with Gasteiger partial charge in [0.15, 0.2) is 0 Å². The molecule has 1 aromatic carbocycles. The van der Waals surface area contributed by atoms with Gasteiger partial charge < -0.3 is 15.2 Å². The molecule has 0 spiro atoms. The summed E-state index contributed by atoms with van der Waals surface area (Å²) in [5.41, 5.74) is 5.67. The van der Waals surface area contributed by atoms with E-state index in [1.165, 1.54) is 33.4 Å². The Labute approximate surface area is 131 Å². The molecule has 2 heterocycles. The monoisotopic (exact) mass is 381 g/mol. The van der Waals surface area contributed by atoms with Crippen molar-refractivity contribution < 1.29 is 4.52 Å². The van der Waals surface area contributed by atoms with Crippen molar-refractivity contribution in [2.75, 3.05) is 10.6 Å². The Hall–Kier alpha value is -1.24. The largest absolute Gasteiger partial charge is 0.363 e. The summed E-state index contributed by atoms with van der Waals surface area (Å²) in [5, 5.41) is 11.3. The van der Waals surface area contributed by atoms with Gasteiger partial charge >= 0.3 is 0 Å². The average Bonchev–Trinajstić information content (AvgIpc) is 3.08. The van der Waals surface area contributed by atoms with Crippen LogP contribution in [0.3, 0.4) is 0 Å². The van der Waals surface area contributed by atoms with Crippen LogP contribution < -0.4 is 10.6 Å². The maximum Gasteiger partial charge on any atom is 0.141 e. The fourth-order valence-corrected chi connectivity index (χ4v) is 3.71. The van der Waals surface area contributed by atoms with Gasteiger partial charge in [-0.1, -0.05) is 5.16 Å². The summed E-state index contributed by atoms with van der Waals surface area (Å²) in [6.45, 7) is 3.96. The molecule has 1 fully saturated rings. The number of halogens is 1. The zero-order chi connectivity index (χ0) is 13.9. The highest BCUT2D eigenvalue weighted by Crippen LogP contribution is 2.44. The highest BCUT2D eigenvalue weighted by Gasteiger charge is 2.35. The SMILES string of the molecule is Cc1noc(C)c1-c1cc(I)c2c(c1)NC(C1CC1)N2. The van der Waals surface area contributed by atoms with Gasteiger partial charge in [-0.05, 0) is 72.9 Å². The van der Waals surface area contributed by atoms with Crippen molar-refractivity contribution in [3.05, 3.63) is 27.2 Å². The molecule has 104 valence electrons. The highest BCUT2D eigenvalue weighted by molar-refractivity contribution is 14.1. The molecule has 0 saturated heterocycles. The van der Waals surface area contributed by atoms with E-state index in [4.69, 9.17) is 4.52 Å². The second-order valence-corrected chi connectivity index (χ2v) is 6.85. The third-order valence-electron chi connectivity index (χ3n) is 4.12. The molecule has 1 atom stereocenters. The van der Waals surface area contributed by atoms with Crippen LogP contribution in [0.4, 0.5) is 11.4 Å². The lowest BCUT2D eigenvalue weighted by Crippen LogP contribution is -2.24. The van der Waals surface area contributed by atoms with E-state index in [1.54, 1.807) is 0 Å². The molecule has 1 aliphatic carbocycles. The Balaban J connectivity index is 1.78. The summed E-state index contributed by atoms with van der Waals surface area (Å²) >= 11 is 2.40. The van der Waals surface area contributed by atoms with Gasteiger partial charge in [0.1, 0.15) is 5.76 Å². The van der Waals surface area contributed by atoms with Crippen molar-refractivity contribution in [1.82, 2.24) is 5.16 Å². The summed E-state index contributed by atoms with van der Waals surface area (Å²) in [7, 11) is 0. The van der Waals surface area contributed by atoms with Gasteiger partial charge in [-0.2, -0.15) is 0 Å². The molecule has 1 aliphatic heterocycles. The Morgan fingerprint density at radius 1 is 1.25 bits per heavy atom. The first-order valence-corrected chi connectivity index (χ1v) is 8.01. The van der Waals surface area contributed by atoms with Gasteiger partial charge in [0.25, 0.3) is 0 Å². The first-order chi connectivity index (χ1) is 9.63. The predicted octanol–water partition coefficient (Wildman–Crippen LogP) is 4.14. The number of aromatic nitrogens is 1. The summed E-state index contributed by atoms with van der Waals surface area (Å²) in [5.74, 6) is 1.66. The standard InChI is InChI=1S/C15H16IN3O/c1-7-13(8(2)20-19-7)10-5-11(16)14-12(6-10)17-15(18-14)9-3-4-9/h5-6,9,15,17-18H,3-4H2,1-2H3. The zero-order valence-corrected chi connectivity index (χ0v) is 13.6. The van der Waals surface area contributed by atoms with Crippen molar-refractivity contribution >= 4 is 34.0 Å². The number of nitrogens with one attached hydrogen (secondary N) is 2. The van der Waals surface area contributed by atoms with Crippen LogP contribution in [-0.2, 0) is 0 Å². The lowest BCUT2D eigenvalue weighted by molar-refractivity contribution is 0.393. The minimum atomic E-state index is 0.401. The molecule has 2 N–H and O–H groups in total. The number of fused-ring (bicyclic) bond motifs is 1. The van der Waals surface area contributed by atoms with Crippen molar-refractivity contribution in [3.8, 4) is 11.1 Å². The number of hydrogen-bond acceptors (Lipinski definition) is 4. The maximum absolute atomic E-state index is 5.29. The second kappa shape index (κ2) is 4.38. The molecule has 0 amide bonds. The van der Waals surface area contributed by atoms with E-state index >= 15 is 0 Å². The molecule has 0 bridgehead atoms. The fourth-order valence-electron chi connectivity index (χ4n) is 2.93. The van der Waals surface area contributed by atoms with Crippen LogP contribution in [0.1, 0.15) is 24.3 Å². The summed E-state index contributed by atoms with van der Waals surface area (Å²) in [6, 6.07) is 4.41. The first kappa shape index (κ1) is 12.5. The third kappa shape index (κ3) is 1.90. The Morgan fingerprint density at radius 3 is 2.70 bits per heavy atom. The number of aryl methyl sites for hydroxylation is 2. The molecular weight excluding hydrogens is 365 g/mol. The van der Waals surface area contributed by atoms with Crippen LogP contribution in [-0.4, -0.2) is 11.3 Å². The summed E-state index contributed by atoms with van der Waals surface area (Å²) < 4.78 is 6.53. The van der Waals surface area contributed by atoms with E-state index in [2.05, 4.69) is 50.5 Å². The van der Waals surface area contributed by atoms with Crippen LogP contribution in [0.25, 0.3) is 11.1 Å². The van der Waals surface area contributed by atoms with E-state index in [9.17, 15) is 0 Å². The molecule has 1 saturated carbocycles. The topological polar surface area (TPSA) is 50.1 Å². The summed E-state index contributed by atoms with van der Waals surface area (Å²) in [4.78, 5) is 0. The molecule has 4 rings (SSSR count). The first-order valence-electron chi connectivity index (χ1n) is 6.93. The van der Waals surface area contributed by atoms with Crippen molar-refractivity contribution in [1.29, 1.82) is 0 Å². The molecule has 2 aromatic rings. The molecule has 2 aliphatic rings. The number of nitrogens with zero attached hydrogens (tertiary/aromatic N) is 1. The van der Waals surface area contributed by atoms with E-state index < -0.39 is 0 Å². The van der Waals surface area contributed by atoms with Crippen LogP contribution in [0.5, 0.6) is 0 Å². The number of hydrogen-bond donors (Lipinski definition) is 2.